The summed E-state index contributed by atoms with van der Waals surface area (Å²) in [4.78, 5) is 6.59. The Morgan fingerprint density at radius 1 is 1.44 bits per heavy atom. The first kappa shape index (κ1) is 14.9. The molecule has 0 amide bonds. The average molecular weight is 280 g/mol. The molecule has 1 aromatic rings. The minimum absolute atomic E-state index is 0.0211. The molecule has 1 atom stereocenters. The summed E-state index contributed by atoms with van der Waals surface area (Å²) >= 11 is 1.67. The summed E-state index contributed by atoms with van der Waals surface area (Å²) in [6, 6.07) is 1.32. The largest absolute Gasteiger partial charge is 0.451 e. The lowest BCUT2D eigenvalue weighted by Crippen LogP contribution is -2.20. The van der Waals surface area contributed by atoms with Crippen LogP contribution in [0.1, 0.15) is 19.2 Å². The van der Waals surface area contributed by atoms with Gasteiger partial charge in [0.25, 0.3) is 0 Å². The van der Waals surface area contributed by atoms with Gasteiger partial charge in [-0.2, -0.15) is 24.9 Å². The van der Waals surface area contributed by atoms with Gasteiger partial charge in [-0.05, 0) is 25.4 Å². The monoisotopic (exact) mass is 280 g/mol. The van der Waals surface area contributed by atoms with Crippen LogP contribution in [0, 0.1) is 0 Å². The topological polar surface area (TPSA) is 63.8 Å². The first-order valence-corrected chi connectivity index (χ1v) is 6.69. The van der Waals surface area contributed by atoms with Gasteiger partial charge in [0.2, 0.25) is 5.82 Å². The third kappa shape index (κ3) is 4.59. The Hall–Kier alpha value is -1.18. The van der Waals surface area contributed by atoms with Gasteiger partial charge in [-0.1, -0.05) is 0 Å². The van der Waals surface area contributed by atoms with E-state index in [4.69, 9.17) is 5.73 Å². The zero-order chi connectivity index (χ0) is 13.8. The number of hydrogen-bond donors (Lipinski definition) is 2. The molecule has 0 fully saturated rings. The molecule has 0 aliphatic heterocycles. The van der Waals surface area contributed by atoms with Crippen LogP contribution in [0.5, 0.6) is 0 Å². The van der Waals surface area contributed by atoms with Crippen LogP contribution in [-0.2, 0) is 6.18 Å². The highest BCUT2D eigenvalue weighted by atomic mass is 32.2. The number of rotatable bonds is 5. The van der Waals surface area contributed by atoms with Crippen molar-refractivity contribution >= 4 is 23.4 Å². The molecule has 1 heterocycles. The third-order valence-electron chi connectivity index (χ3n) is 2.15. The summed E-state index contributed by atoms with van der Waals surface area (Å²) in [6.45, 7) is 1.88. The Morgan fingerprint density at radius 3 is 2.67 bits per heavy atom. The van der Waals surface area contributed by atoms with Crippen LogP contribution < -0.4 is 11.1 Å². The molecule has 0 saturated carbocycles. The number of nitrogens with one attached hydrogen (secondary N) is 1. The van der Waals surface area contributed by atoms with E-state index in [0.717, 1.165) is 12.2 Å². The van der Waals surface area contributed by atoms with E-state index >= 15 is 0 Å². The van der Waals surface area contributed by atoms with Crippen molar-refractivity contribution in [3.8, 4) is 0 Å². The molecule has 0 aliphatic carbocycles. The quantitative estimate of drug-likeness (QED) is 0.868. The Labute approximate surface area is 108 Å². The van der Waals surface area contributed by atoms with Gasteiger partial charge >= 0.3 is 6.18 Å². The second kappa shape index (κ2) is 6.12. The fourth-order valence-electron chi connectivity index (χ4n) is 1.29. The summed E-state index contributed by atoms with van der Waals surface area (Å²) in [5.41, 5.74) is 5.34. The van der Waals surface area contributed by atoms with Gasteiger partial charge in [0.1, 0.15) is 11.6 Å². The fourth-order valence-corrected chi connectivity index (χ4v) is 1.88. The third-order valence-corrected chi connectivity index (χ3v) is 2.79. The molecule has 0 spiro atoms. The molecular weight excluding hydrogens is 265 g/mol. The molecule has 102 valence electrons. The van der Waals surface area contributed by atoms with Crippen molar-refractivity contribution in [1.29, 1.82) is 0 Å². The van der Waals surface area contributed by atoms with E-state index in [-0.39, 0.29) is 17.7 Å². The molecule has 4 nitrogen and oxygen atoms in total. The van der Waals surface area contributed by atoms with Crippen molar-refractivity contribution in [2.24, 2.45) is 0 Å². The number of nitrogens with zero attached hydrogens (tertiary/aromatic N) is 2. The maximum absolute atomic E-state index is 12.5. The second-order valence-electron chi connectivity index (χ2n) is 3.83. The first-order valence-electron chi connectivity index (χ1n) is 5.30. The van der Waals surface area contributed by atoms with Gasteiger partial charge in [-0.25, -0.2) is 9.97 Å². The Morgan fingerprint density at radius 2 is 2.11 bits per heavy atom. The molecule has 3 N–H and O–H groups in total. The summed E-state index contributed by atoms with van der Waals surface area (Å²) in [7, 11) is 0. The van der Waals surface area contributed by atoms with Crippen molar-refractivity contribution in [2.75, 3.05) is 23.1 Å². The minimum Gasteiger partial charge on any atom is -0.384 e. The van der Waals surface area contributed by atoms with Crippen molar-refractivity contribution in [3.63, 3.8) is 0 Å². The highest BCUT2D eigenvalue weighted by Gasteiger charge is 2.35. The van der Waals surface area contributed by atoms with Crippen molar-refractivity contribution < 1.29 is 13.2 Å². The Bertz CT molecular complexity index is 397. The maximum atomic E-state index is 12.5. The van der Waals surface area contributed by atoms with E-state index in [9.17, 15) is 13.2 Å². The van der Waals surface area contributed by atoms with Gasteiger partial charge < -0.3 is 11.1 Å². The zero-order valence-electron chi connectivity index (χ0n) is 10.1. The number of alkyl halides is 3. The molecule has 8 heteroatoms. The lowest BCUT2D eigenvalue weighted by atomic mass is 10.2. The lowest BCUT2D eigenvalue weighted by Gasteiger charge is -2.15. The van der Waals surface area contributed by atoms with Crippen LogP contribution in [0.15, 0.2) is 6.07 Å². The minimum atomic E-state index is -4.59. The Kier molecular flexibility index (Phi) is 5.06. The van der Waals surface area contributed by atoms with E-state index in [0.29, 0.717) is 0 Å². The summed E-state index contributed by atoms with van der Waals surface area (Å²) in [5.74, 6) is -0.400. The Balaban J connectivity index is 2.80. The zero-order valence-corrected chi connectivity index (χ0v) is 10.9. The van der Waals surface area contributed by atoms with E-state index in [1.54, 1.807) is 11.8 Å². The van der Waals surface area contributed by atoms with Crippen LogP contribution >= 0.6 is 11.8 Å². The molecular formula is C10H15F3N4S. The predicted molar refractivity (Wildman–Crippen MR) is 67.5 cm³/mol. The smallest absolute Gasteiger partial charge is 0.384 e. The summed E-state index contributed by atoms with van der Waals surface area (Å²) in [5, 5.41) is 2.89. The van der Waals surface area contributed by atoms with Crippen molar-refractivity contribution in [3.05, 3.63) is 11.9 Å². The fraction of sp³-hybridized carbons (Fsp3) is 0.600. The van der Waals surface area contributed by atoms with Gasteiger partial charge in [0, 0.05) is 12.1 Å². The highest BCUT2D eigenvalue weighted by Crippen LogP contribution is 2.27. The molecule has 1 unspecified atom stereocenters. The van der Waals surface area contributed by atoms with Crippen LogP contribution in [0.2, 0.25) is 0 Å². The molecule has 0 saturated heterocycles. The number of anilines is 2. The summed E-state index contributed by atoms with van der Waals surface area (Å²) < 4.78 is 37.4. The molecule has 1 rings (SSSR count). The SMILES string of the molecule is CSCCC(C)Nc1cc(N)nc(C(F)(F)F)n1. The van der Waals surface area contributed by atoms with Crippen LogP contribution in [0.3, 0.4) is 0 Å². The van der Waals surface area contributed by atoms with E-state index in [2.05, 4.69) is 15.3 Å². The van der Waals surface area contributed by atoms with Gasteiger partial charge in [0.15, 0.2) is 0 Å². The van der Waals surface area contributed by atoms with Crippen LogP contribution in [0.4, 0.5) is 24.8 Å². The normalized spacial score (nSPS) is 13.4. The number of aromatic nitrogens is 2. The average Bonchev–Trinajstić information content (AvgIpc) is 2.24. The van der Waals surface area contributed by atoms with Gasteiger partial charge in [-0.15, -0.1) is 0 Å². The second-order valence-corrected chi connectivity index (χ2v) is 4.81. The molecule has 0 radical (unpaired) electrons. The number of halogens is 3. The molecule has 1 aromatic heterocycles. The highest BCUT2D eigenvalue weighted by molar-refractivity contribution is 7.98. The van der Waals surface area contributed by atoms with Crippen LogP contribution in [-0.4, -0.2) is 28.0 Å². The predicted octanol–water partition coefficient (Wildman–Crippen LogP) is 2.63. The first-order chi connectivity index (χ1) is 8.32. The van der Waals surface area contributed by atoms with Gasteiger partial charge in [-0.3, -0.25) is 0 Å². The van der Waals surface area contributed by atoms with E-state index < -0.39 is 12.0 Å². The van der Waals surface area contributed by atoms with Crippen LogP contribution in [0.25, 0.3) is 0 Å². The van der Waals surface area contributed by atoms with E-state index in [1.807, 2.05) is 13.2 Å². The molecule has 0 bridgehead atoms. The number of hydrogen-bond acceptors (Lipinski definition) is 5. The van der Waals surface area contributed by atoms with Crippen molar-refractivity contribution in [1.82, 2.24) is 9.97 Å². The maximum Gasteiger partial charge on any atom is 0.451 e. The standard InChI is InChI=1S/C10H15F3N4S/c1-6(3-4-18-2)15-8-5-7(14)16-9(17-8)10(11,12)13/h5-6H,3-4H2,1-2H3,(H3,14,15,16,17). The number of thioether (sulfide) groups is 1. The number of nitrogen functional groups attached to an aromatic ring is 1. The molecule has 0 aliphatic rings. The lowest BCUT2D eigenvalue weighted by molar-refractivity contribution is -0.144. The van der Waals surface area contributed by atoms with Gasteiger partial charge in [0.05, 0.1) is 0 Å². The van der Waals surface area contributed by atoms with Crippen molar-refractivity contribution in [2.45, 2.75) is 25.6 Å². The molecule has 18 heavy (non-hydrogen) atoms. The molecule has 0 aromatic carbocycles. The number of nitrogens with two attached hydrogens (primary N) is 1. The summed E-state index contributed by atoms with van der Waals surface area (Å²) in [6.07, 6.45) is -1.79. The van der Waals surface area contributed by atoms with E-state index in [1.165, 1.54) is 6.07 Å².